The average molecular weight is 190 g/mol. The SMILES string of the molecule is CCC(=O)C(C)(C)Cc1ccccc1. The summed E-state index contributed by atoms with van der Waals surface area (Å²) in [5.74, 6) is 0.335. The van der Waals surface area contributed by atoms with E-state index in [9.17, 15) is 4.79 Å². The van der Waals surface area contributed by atoms with Gasteiger partial charge in [0.15, 0.2) is 0 Å². The van der Waals surface area contributed by atoms with Gasteiger partial charge in [-0.1, -0.05) is 51.1 Å². The van der Waals surface area contributed by atoms with Crippen LogP contribution >= 0.6 is 0 Å². The van der Waals surface area contributed by atoms with E-state index in [4.69, 9.17) is 0 Å². The van der Waals surface area contributed by atoms with Gasteiger partial charge in [-0.15, -0.1) is 0 Å². The molecule has 76 valence electrons. The fourth-order valence-corrected chi connectivity index (χ4v) is 1.68. The number of carbonyl (C=O) groups is 1. The number of benzene rings is 1. The zero-order valence-corrected chi connectivity index (χ0v) is 9.21. The highest BCUT2D eigenvalue weighted by Crippen LogP contribution is 2.24. The summed E-state index contributed by atoms with van der Waals surface area (Å²) in [6, 6.07) is 10.2. The summed E-state index contributed by atoms with van der Waals surface area (Å²) < 4.78 is 0. The number of Topliss-reactive ketones (excluding diaryl/α,β-unsaturated/α-hetero) is 1. The summed E-state index contributed by atoms with van der Waals surface area (Å²) in [5, 5.41) is 0. The predicted molar refractivity (Wildman–Crippen MR) is 59.2 cm³/mol. The van der Waals surface area contributed by atoms with Crippen LogP contribution in [0.2, 0.25) is 0 Å². The molecule has 0 aliphatic heterocycles. The van der Waals surface area contributed by atoms with Crippen molar-refractivity contribution in [2.24, 2.45) is 5.41 Å². The van der Waals surface area contributed by atoms with Crippen LogP contribution in [0.3, 0.4) is 0 Å². The lowest BCUT2D eigenvalue weighted by Gasteiger charge is -2.22. The van der Waals surface area contributed by atoms with Crippen molar-refractivity contribution in [2.45, 2.75) is 33.6 Å². The molecular weight excluding hydrogens is 172 g/mol. The third-order valence-electron chi connectivity index (χ3n) is 2.56. The Balaban J connectivity index is 2.73. The molecule has 0 heterocycles. The first-order valence-electron chi connectivity index (χ1n) is 5.13. The molecule has 0 radical (unpaired) electrons. The van der Waals surface area contributed by atoms with Crippen LogP contribution in [0.1, 0.15) is 32.8 Å². The van der Waals surface area contributed by atoms with Crippen molar-refractivity contribution < 1.29 is 4.79 Å². The van der Waals surface area contributed by atoms with Gasteiger partial charge in [-0.3, -0.25) is 4.79 Å². The van der Waals surface area contributed by atoms with Crippen LogP contribution in [-0.4, -0.2) is 5.78 Å². The molecule has 1 aromatic carbocycles. The second kappa shape index (κ2) is 4.41. The molecule has 0 aliphatic rings. The Morgan fingerprint density at radius 2 is 1.79 bits per heavy atom. The van der Waals surface area contributed by atoms with Gasteiger partial charge < -0.3 is 0 Å². The van der Waals surface area contributed by atoms with Gasteiger partial charge in [-0.05, 0) is 12.0 Å². The van der Waals surface area contributed by atoms with Crippen molar-refractivity contribution in [1.82, 2.24) is 0 Å². The van der Waals surface area contributed by atoms with E-state index in [-0.39, 0.29) is 5.41 Å². The molecule has 0 bridgehead atoms. The smallest absolute Gasteiger partial charge is 0.138 e. The average Bonchev–Trinajstić information content (AvgIpc) is 2.17. The molecule has 0 spiro atoms. The van der Waals surface area contributed by atoms with Crippen molar-refractivity contribution in [3.05, 3.63) is 35.9 Å². The Labute approximate surface area is 86.1 Å². The molecule has 1 rings (SSSR count). The first-order chi connectivity index (χ1) is 6.56. The quantitative estimate of drug-likeness (QED) is 0.712. The van der Waals surface area contributed by atoms with Crippen LogP contribution in [0.5, 0.6) is 0 Å². The summed E-state index contributed by atoms with van der Waals surface area (Å²) >= 11 is 0. The first-order valence-corrected chi connectivity index (χ1v) is 5.13. The van der Waals surface area contributed by atoms with E-state index in [1.54, 1.807) is 0 Å². The molecule has 14 heavy (non-hydrogen) atoms. The molecular formula is C13H18O. The van der Waals surface area contributed by atoms with Crippen molar-refractivity contribution in [2.75, 3.05) is 0 Å². The lowest BCUT2D eigenvalue weighted by molar-refractivity contribution is -0.126. The number of hydrogen-bond acceptors (Lipinski definition) is 1. The molecule has 0 amide bonds. The van der Waals surface area contributed by atoms with Crippen molar-refractivity contribution in [3.63, 3.8) is 0 Å². The predicted octanol–water partition coefficient (Wildman–Crippen LogP) is 3.23. The lowest BCUT2D eigenvalue weighted by atomic mass is 9.81. The maximum Gasteiger partial charge on any atom is 0.138 e. The molecule has 0 saturated heterocycles. The molecule has 1 heteroatoms. The van der Waals surface area contributed by atoms with Gasteiger partial charge in [0.1, 0.15) is 5.78 Å². The molecule has 0 saturated carbocycles. The number of ketones is 1. The Morgan fingerprint density at radius 3 is 2.29 bits per heavy atom. The standard InChI is InChI=1S/C13H18O/c1-4-12(14)13(2,3)10-11-8-6-5-7-9-11/h5-9H,4,10H2,1-3H3. The zero-order chi connectivity index (χ0) is 10.6. The molecule has 1 nitrogen and oxygen atoms in total. The van der Waals surface area contributed by atoms with Crippen LogP contribution in [0.25, 0.3) is 0 Å². The van der Waals surface area contributed by atoms with E-state index in [0.717, 1.165) is 6.42 Å². The second-order valence-electron chi connectivity index (χ2n) is 4.32. The molecule has 0 atom stereocenters. The van der Waals surface area contributed by atoms with Crippen LogP contribution in [0.4, 0.5) is 0 Å². The highest BCUT2D eigenvalue weighted by atomic mass is 16.1. The van der Waals surface area contributed by atoms with E-state index in [1.807, 2.05) is 39.0 Å². The fraction of sp³-hybridized carbons (Fsp3) is 0.462. The number of hydrogen-bond donors (Lipinski definition) is 0. The normalized spacial score (nSPS) is 11.4. The summed E-state index contributed by atoms with van der Waals surface area (Å²) in [5.41, 5.74) is 1.01. The van der Waals surface area contributed by atoms with Crippen LogP contribution in [-0.2, 0) is 11.2 Å². The number of carbonyl (C=O) groups excluding carboxylic acids is 1. The van der Waals surface area contributed by atoms with E-state index in [0.29, 0.717) is 12.2 Å². The van der Waals surface area contributed by atoms with Gasteiger partial charge in [0, 0.05) is 11.8 Å². The van der Waals surface area contributed by atoms with Gasteiger partial charge in [0.2, 0.25) is 0 Å². The molecule has 0 N–H and O–H groups in total. The van der Waals surface area contributed by atoms with Crippen molar-refractivity contribution in [1.29, 1.82) is 0 Å². The maximum atomic E-state index is 11.6. The Kier molecular flexibility index (Phi) is 3.45. The summed E-state index contributed by atoms with van der Waals surface area (Å²) in [6.07, 6.45) is 1.46. The van der Waals surface area contributed by atoms with Gasteiger partial charge >= 0.3 is 0 Å². The van der Waals surface area contributed by atoms with Gasteiger partial charge in [0.05, 0.1) is 0 Å². The largest absolute Gasteiger partial charge is 0.299 e. The third kappa shape index (κ3) is 2.69. The molecule has 0 unspecified atom stereocenters. The lowest BCUT2D eigenvalue weighted by Crippen LogP contribution is -2.25. The van der Waals surface area contributed by atoms with Gasteiger partial charge in [-0.2, -0.15) is 0 Å². The van der Waals surface area contributed by atoms with Gasteiger partial charge in [0.25, 0.3) is 0 Å². The highest BCUT2D eigenvalue weighted by Gasteiger charge is 2.25. The Bertz CT molecular complexity index is 298. The minimum atomic E-state index is -0.226. The molecule has 0 aromatic heterocycles. The fourth-order valence-electron chi connectivity index (χ4n) is 1.68. The number of rotatable bonds is 4. The van der Waals surface area contributed by atoms with Crippen LogP contribution in [0.15, 0.2) is 30.3 Å². The molecule has 0 aliphatic carbocycles. The minimum Gasteiger partial charge on any atom is -0.299 e. The van der Waals surface area contributed by atoms with E-state index < -0.39 is 0 Å². The zero-order valence-electron chi connectivity index (χ0n) is 9.21. The van der Waals surface area contributed by atoms with Crippen LogP contribution < -0.4 is 0 Å². The van der Waals surface area contributed by atoms with E-state index in [2.05, 4.69) is 12.1 Å². The Hall–Kier alpha value is -1.11. The van der Waals surface area contributed by atoms with E-state index >= 15 is 0 Å². The molecule has 1 aromatic rings. The summed E-state index contributed by atoms with van der Waals surface area (Å²) in [4.78, 5) is 11.6. The molecule has 0 fully saturated rings. The Morgan fingerprint density at radius 1 is 1.21 bits per heavy atom. The first kappa shape index (κ1) is 11.0. The van der Waals surface area contributed by atoms with Crippen molar-refractivity contribution in [3.8, 4) is 0 Å². The monoisotopic (exact) mass is 190 g/mol. The summed E-state index contributed by atoms with van der Waals surface area (Å²) in [6.45, 7) is 5.97. The van der Waals surface area contributed by atoms with E-state index in [1.165, 1.54) is 5.56 Å². The second-order valence-corrected chi connectivity index (χ2v) is 4.32. The van der Waals surface area contributed by atoms with Crippen molar-refractivity contribution >= 4 is 5.78 Å². The van der Waals surface area contributed by atoms with Crippen LogP contribution in [0, 0.1) is 5.41 Å². The topological polar surface area (TPSA) is 17.1 Å². The maximum absolute atomic E-state index is 11.6. The van der Waals surface area contributed by atoms with Gasteiger partial charge in [-0.25, -0.2) is 0 Å². The third-order valence-corrected chi connectivity index (χ3v) is 2.56. The highest BCUT2D eigenvalue weighted by molar-refractivity contribution is 5.84. The minimum absolute atomic E-state index is 0.226. The summed E-state index contributed by atoms with van der Waals surface area (Å²) in [7, 11) is 0.